The zero-order valence-corrected chi connectivity index (χ0v) is 25.4. The summed E-state index contributed by atoms with van der Waals surface area (Å²) in [6.45, 7) is 25.6. The maximum atomic E-state index is 12.2. The van der Waals surface area contributed by atoms with Gasteiger partial charge in [-0.2, -0.15) is 0 Å². The number of carbonyl (C=O) groups excluding carboxylic acids is 1. The summed E-state index contributed by atoms with van der Waals surface area (Å²) in [7, 11) is -9.26. The van der Waals surface area contributed by atoms with Crippen molar-refractivity contribution in [2.45, 2.75) is 91.0 Å². The van der Waals surface area contributed by atoms with Gasteiger partial charge in [-0.3, -0.25) is 0 Å². The van der Waals surface area contributed by atoms with Gasteiger partial charge < -0.3 is 32.4 Å². The number of ether oxygens (including phenoxy) is 1. The first-order valence-electron chi connectivity index (χ1n) is 10.6. The fraction of sp³-hybridized carbons (Fsp3) is 0.842. The van der Waals surface area contributed by atoms with Gasteiger partial charge in [-0.1, -0.05) is 13.5 Å². The van der Waals surface area contributed by atoms with Gasteiger partial charge in [0.15, 0.2) is 30.7 Å². The van der Waals surface area contributed by atoms with Crippen LogP contribution in [0.5, 0.6) is 0 Å². The highest BCUT2D eigenvalue weighted by Crippen LogP contribution is 2.31. The summed E-state index contributed by atoms with van der Waals surface area (Å²) < 4.78 is 25.6. The normalized spacial score (nSPS) is 14.0. The third-order valence-corrected chi connectivity index (χ3v) is 15.2. The van der Waals surface area contributed by atoms with Crippen molar-refractivity contribution in [1.82, 2.24) is 0 Å². The lowest BCUT2D eigenvalue weighted by molar-refractivity contribution is -0.143. The molecule has 0 amide bonds. The first-order valence-corrected chi connectivity index (χ1v) is 22.6. The molecule has 31 heavy (non-hydrogen) atoms. The molecule has 0 saturated carbocycles. The second-order valence-electron chi connectivity index (χ2n) is 10.3. The molecule has 0 rings (SSSR count). The van der Waals surface area contributed by atoms with Gasteiger partial charge in [0.25, 0.3) is 0 Å². The minimum absolute atomic E-state index is 0.365. The summed E-state index contributed by atoms with van der Waals surface area (Å²) >= 11 is 0. The first-order chi connectivity index (χ1) is 13.7. The predicted octanol–water partition coefficient (Wildman–Crippen LogP) is 3.25. The molecule has 0 aliphatic carbocycles. The Kier molecular flexibility index (Phi) is 14.4. The average Bonchev–Trinajstić information content (AvgIpc) is 2.54. The van der Waals surface area contributed by atoms with Gasteiger partial charge in [0.05, 0.1) is 13.2 Å². The highest BCUT2D eigenvalue weighted by atomic mass is 28.5. The van der Waals surface area contributed by atoms with Crippen LogP contribution in [-0.2, 0) is 21.9 Å². The molecule has 0 fully saturated rings. The Balaban J connectivity index is 0. The average molecular weight is 515 g/mol. The highest BCUT2D eigenvalue weighted by Gasteiger charge is 2.57. The Morgan fingerprint density at radius 3 is 1.32 bits per heavy atom. The summed E-state index contributed by atoms with van der Waals surface area (Å²) in [5.41, 5.74) is -0.141. The van der Waals surface area contributed by atoms with Crippen molar-refractivity contribution in [2.24, 2.45) is 0 Å². The van der Waals surface area contributed by atoms with Gasteiger partial charge in [0.1, 0.15) is 6.10 Å². The van der Waals surface area contributed by atoms with Crippen molar-refractivity contribution in [3.8, 4) is 0 Å². The number of hydrogen-bond acceptors (Lipinski definition) is 8. The van der Waals surface area contributed by atoms with E-state index < -0.39 is 51.6 Å². The Morgan fingerprint density at radius 2 is 1.16 bits per heavy atom. The topological polar surface area (TPSA) is 115 Å². The van der Waals surface area contributed by atoms with E-state index in [2.05, 4.69) is 65.5 Å². The highest BCUT2D eigenvalue weighted by molar-refractivity contribution is 6.90. The zero-order valence-electron chi connectivity index (χ0n) is 21.4. The molecule has 0 aliphatic heterocycles. The zero-order chi connectivity index (χ0) is 25.3. The lowest BCUT2D eigenvalue weighted by Crippen LogP contribution is -2.67. The van der Waals surface area contributed by atoms with Gasteiger partial charge in [0.2, 0.25) is 0 Å². The van der Waals surface area contributed by atoms with Crippen LogP contribution in [0.25, 0.3) is 0 Å². The van der Waals surface area contributed by atoms with Crippen molar-refractivity contribution in [3.63, 3.8) is 0 Å². The SMILES string of the molecule is C=C(C)C(=O)OC(CC)[Si](O[Si](C)(C)C)(O[Si](C)(C)C)O[Si](C)(C)C.OCC(O)CO. The van der Waals surface area contributed by atoms with Crippen LogP contribution in [0.3, 0.4) is 0 Å². The first kappa shape index (κ1) is 33.0. The molecule has 12 heteroatoms. The molecule has 1 atom stereocenters. The van der Waals surface area contributed by atoms with Gasteiger partial charge >= 0.3 is 14.8 Å². The van der Waals surface area contributed by atoms with Crippen LogP contribution in [0.1, 0.15) is 20.3 Å². The van der Waals surface area contributed by atoms with E-state index >= 15 is 0 Å². The molecular weight excluding hydrogens is 469 g/mol. The van der Waals surface area contributed by atoms with Crippen molar-refractivity contribution < 1.29 is 37.2 Å². The quantitative estimate of drug-likeness (QED) is 0.207. The van der Waals surface area contributed by atoms with Crippen LogP contribution in [0.15, 0.2) is 12.2 Å². The van der Waals surface area contributed by atoms with Gasteiger partial charge in [-0.05, 0) is 72.3 Å². The van der Waals surface area contributed by atoms with E-state index in [4.69, 9.17) is 32.4 Å². The number of hydrogen-bond donors (Lipinski definition) is 3. The summed E-state index contributed by atoms with van der Waals surface area (Å²) in [4.78, 5) is 12.2. The smallest absolute Gasteiger partial charge is 0.455 e. The molecule has 0 aromatic heterocycles. The van der Waals surface area contributed by atoms with Crippen molar-refractivity contribution in [2.75, 3.05) is 13.2 Å². The lowest BCUT2D eigenvalue weighted by Gasteiger charge is -2.45. The van der Waals surface area contributed by atoms with Gasteiger partial charge in [-0.15, -0.1) is 0 Å². The predicted molar refractivity (Wildman–Crippen MR) is 134 cm³/mol. The van der Waals surface area contributed by atoms with Crippen LogP contribution in [0, 0.1) is 0 Å². The lowest BCUT2D eigenvalue weighted by atomic mass is 10.4. The van der Waals surface area contributed by atoms with Crippen molar-refractivity contribution in [3.05, 3.63) is 12.2 Å². The fourth-order valence-corrected chi connectivity index (χ4v) is 16.4. The van der Waals surface area contributed by atoms with E-state index in [1.807, 2.05) is 6.92 Å². The fourth-order valence-electron chi connectivity index (χ4n) is 2.23. The molecular formula is C19H46O8Si4. The second-order valence-corrected chi connectivity index (χ2v) is 27.3. The summed E-state index contributed by atoms with van der Waals surface area (Å²) in [6, 6.07) is 0. The standard InChI is InChI=1S/C16H38O5Si4.C3H8O3/c1-13-15(18-16(17)14(2)3)25(19-22(4,5)6,20-23(7,8)9)21-24(10,11)12;4-1-3(6)2-5/h15H,2,13H2,1,3-12H3;3-6H,1-2H2. The maximum absolute atomic E-state index is 12.2. The van der Waals surface area contributed by atoms with E-state index in [1.54, 1.807) is 6.92 Å². The van der Waals surface area contributed by atoms with Crippen molar-refractivity contribution in [1.29, 1.82) is 0 Å². The van der Waals surface area contributed by atoms with E-state index in [0.29, 0.717) is 12.0 Å². The molecule has 0 bridgehead atoms. The Labute approximate surface area is 193 Å². The molecule has 186 valence electrons. The van der Waals surface area contributed by atoms with Gasteiger partial charge in [0, 0.05) is 5.57 Å². The molecule has 0 aromatic carbocycles. The third kappa shape index (κ3) is 16.2. The summed E-state index contributed by atoms with van der Waals surface area (Å²) in [6.07, 6.45) is -0.366. The van der Waals surface area contributed by atoms with E-state index in [1.165, 1.54) is 0 Å². The minimum atomic E-state index is -3.24. The van der Waals surface area contributed by atoms with E-state index in [0.717, 1.165) is 0 Å². The molecule has 0 spiro atoms. The maximum Gasteiger partial charge on any atom is 0.512 e. The number of aliphatic hydroxyl groups excluding tert-OH is 3. The van der Waals surface area contributed by atoms with Crippen LogP contribution >= 0.6 is 0 Å². The Morgan fingerprint density at radius 1 is 0.839 bits per heavy atom. The molecule has 1 unspecified atom stereocenters. The van der Waals surface area contributed by atoms with Crippen molar-refractivity contribution >= 4 is 39.7 Å². The molecule has 0 heterocycles. The molecule has 0 aliphatic rings. The number of rotatable bonds is 12. The number of aliphatic hydroxyl groups is 3. The monoisotopic (exact) mass is 514 g/mol. The Hall–Kier alpha value is -0.162. The number of esters is 1. The molecule has 0 aromatic rings. The van der Waals surface area contributed by atoms with Crippen LogP contribution in [0.2, 0.25) is 58.9 Å². The number of carbonyl (C=O) groups is 1. The van der Waals surface area contributed by atoms with E-state index in [9.17, 15) is 4.79 Å². The molecule has 0 saturated heterocycles. The van der Waals surface area contributed by atoms with Crippen LogP contribution in [-0.4, -0.2) is 80.1 Å². The summed E-state index contributed by atoms with van der Waals surface area (Å²) in [5, 5.41) is 24.0. The van der Waals surface area contributed by atoms with Crippen LogP contribution in [0.4, 0.5) is 0 Å². The van der Waals surface area contributed by atoms with Crippen LogP contribution < -0.4 is 0 Å². The molecule has 3 N–H and O–H groups in total. The second kappa shape index (κ2) is 13.5. The summed E-state index contributed by atoms with van der Waals surface area (Å²) in [5.74, 6) is -0.416. The Bertz CT molecular complexity index is 508. The third-order valence-electron chi connectivity index (χ3n) is 3.13. The largest absolute Gasteiger partial charge is 0.512 e. The minimum Gasteiger partial charge on any atom is -0.455 e. The molecule has 0 radical (unpaired) electrons. The van der Waals surface area contributed by atoms with E-state index in [-0.39, 0.29) is 13.2 Å². The molecule has 8 nitrogen and oxygen atoms in total. The van der Waals surface area contributed by atoms with Gasteiger partial charge in [-0.25, -0.2) is 4.79 Å².